The fourth-order valence-electron chi connectivity index (χ4n) is 1.51. The Bertz CT molecular complexity index is 399. The summed E-state index contributed by atoms with van der Waals surface area (Å²) in [5.41, 5.74) is 1.84. The average molecular weight is 199 g/mol. The van der Waals surface area contributed by atoms with Crippen molar-refractivity contribution in [2.45, 2.75) is 12.5 Å². The van der Waals surface area contributed by atoms with Crippen molar-refractivity contribution in [3.8, 4) is 0 Å². The second-order valence-corrected chi connectivity index (χ2v) is 3.45. The Balaban J connectivity index is 2.08. The minimum absolute atomic E-state index is 0.471. The minimum atomic E-state index is -0.471. The summed E-state index contributed by atoms with van der Waals surface area (Å²) in [4.78, 5) is 4.18. The van der Waals surface area contributed by atoms with E-state index in [0.717, 1.165) is 11.3 Å². The number of pyridine rings is 1. The minimum Gasteiger partial charge on any atom is -0.388 e. The Morgan fingerprint density at radius 1 is 1.00 bits per heavy atom. The third-order valence-corrected chi connectivity index (χ3v) is 2.31. The first-order chi connectivity index (χ1) is 7.36. The van der Waals surface area contributed by atoms with Crippen LogP contribution in [0.5, 0.6) is 0 Å². The monoisotopic (exact) mass is 199 g/mol. The van der Waals surface area contributed by atoms with Crippen LogP contribution in [0.4, 0.5) is 0 Å². The molecular weight excluding hydrogens is 186 g/mol. The Morgan fingerprint density at radius 2 is 1.73 bits per heavy atom. The molecule has 0 spiro atoms. The molecule has 2 heteroatoms. The predicted molar refractivity (Wildman–Crippen MR) is 59.3 cm³/mol. The van der Waals surface area contributed by atoms with Gasteiger partial charge in [0.2, 0.25) is 0 Å². The van der Waals surface area contributed by atoms with E-state index in [1.807, 2.05) is 48.5 Å². The van der Waals surface area contributed by atoms with Gasteiger partial charge in [-0.1, -0.05) is 36.4 Å². The number of aromatic nitrogens is 1. The van der Waals surface area contributed by atoms with Crippen LogP contribution >= 0.6 is 0 Å². The Kier molecular flexibility index (Phi) is 3.10. The van der Waals surface area contributed by atoms with E-state index in [2.05, 4.69) is 4.98 Å². The van der Waals surface area contributed by atoms with Gasteiger partial charge in [0.25, 0.3) is 0 Å². The molecule has 0 bridgehead atoms. The maximum atomic E-state index is 9.93. The molecule has 1 atom stereocenters. The molecule has 1 heterocycles. The highest BCUT2D eigenvalue weighted by molar-refractivity contribution is 5.19. The van der Waals surface area contributed by atoms with Crippen molar-refractivity contribution in [2.24, 2.45) is 0 Å². The first kappa shape index (κ1) is 9.87. The number of aliphatic hydroxyl groups excluding tert-OH is 1. The van der Waals surface area contributed by atoms with E-state index in [1.165, 1.54) is 0 Å². The summed E-state index contributed by atoms with van der Waals surface area (Å²) in [5.74, 6) is 0. The molecule has 0 radical (unpaired) electrons. The zero-order valence-electron chi connectivity index (χ0n) is 8.38. The summed E-state index contributed by atoms with van der Waals surface area (Å²) in [6.45, 7) is 0. The normalized spacial score (nSPS) is 12.3. The van der Waals surface area contributed by atoms with Gasteiger partial charge < -0.3 is 5.11 Å². The second-order valence-electron chi connectivity index (χ2n) is 3.45. The summed E-state index contributed by atoms with van der Waals surface area (Å²) >= 11 is 0. The van der Waals surface area contributed by atoms with Gasteiger partial charge in [0.05, 0.1) is 6.10 Å². The standard InChI is InChI=1S/C13H13NO/c15-13(11-6-2-1-3-7-11)10-12-8-4-5-9-14-12/h1-9,13,15H,10H2. The van der Waals surface area contributed by atoms with Gasteiger partial charge in [-0.25, -0.2) is 0 Å². The molecule has 0 aliphatic carbocycles. The van der Waals surface area contributed by atoms with Crippen LogP contribution in [-0.4, -0.2) is 10.1 Å². The number of nitrogens with zero attached hydrogens (tertiary/aromatic N) is 1. The number of hydrogen-bond acceptors (Lipinski definition) is 2. The largest absolute Gasteiger partial charge is 0.388 e. The van der Waals surface area contributed by atoms with Crippen LogP contribution in [0.2, 0.25) is 0 Å². The maximum Gasteiger partial charge on any atom is 0.0845 e. The van der Waals surface area contributed by atoms with Gasteiger partial charge in [0.1, 0.15) is 0 Å². The molecule has 15 heavy (non-hydrogen) atoms. The van der Waals surface area contributed by atoms with Crippen molar-refractivity contribution < 1.29 is 5.11 Å². The molecule has 0 aliphatic heterocycles. The lowest BCUT2D eigenvalue weighted by molar-refractivity contribution is 0.177. The lowest BCUT2D eigenvalue weighted by Gasteiger charge is -2.09. The topological polar surface area (TPSA) is 33.1 Å². The lowest BCUT2D eigenvalue weighted by atomic mass is 10.0. The first-order valence-corrected chi connectivity index (χ1v) is 4.99. The number of benzene rings is 1. The third-order valence-electron chi connectivity index (χ3n) is 2.31. The van der Waals surface area contributed by atoms with Gasteiger partial charge in [0, 0.05) is 18.3 Å². The van der Waals surface area contributed by atoms with Crippen LogP contribution in [0, 0.1) is 0 Å². The quantitative estimate of drug-likeness (QED) is 0.823. The molecular formula is C13H13NO. The fourth-order valence-corrected chi connectivity index (χ4v) is 1.51. The summed E-state index contributed by atoms with van der Waals surface area (Å²) < 4.78 is 0. The Hall–Kier alpha value is -1.67. The van der Waals surface area contributed by atoms with Gasteiger partial charge >= 0.3 is 0 Å². The summed E-state index contributed by atoms with van der Waals surface area (Å²) in [7, 11) is 0. The summed E-state index contributed by atoms with van der Waals surface area (Å²) in [5, 5.41) is 9.93. The van der Waals surface area contributed by atoms with Gasteiger partial charge in [0.15, 0.2) is 0 Å². The highest BCUT2D eigenvalue weighted by atomic mass is 16.3. The molecule has 0 amide bonds. The molecule has 0 saturated heterocycles. The molecule has 0 fully saturated rings. The van der Waals surface area contributed by atoms with Crippen molar-refractivity contribution in [1.29, 1.82) is 0 Å². The van der Waals surface area contributed by atoms with Gasteiger partial charge in [-0.3, -0.25) is 4.98 Å². The van der Waals surface area contributed by atoms with E-state index in [-0.39, 0.29) is 0 Å². The van der Waals surface area contributed by atoms with Gasteiger partial charge in [-0.15, -0.1) is 0 Å². The number of aliphatic hydroxyl groups is 1. The SMILES string of the molecule is OC(Cc1ccccn1)c1ccccc1. The second kappa shape index (κ2) is 4.71. The Labute approximate surface area is 89.2 Å². The zero-order chi connectivity index (χ0) is 10.5. The van der Waals surface area contributed by atoms with Crippen LogP contribution in [0.15, 0.2) is 54.7 Å². The Morgan fingerprint density at radius 3 is 2.40 bits per heavy atom. The smallest absolute Gasteiger partial charge is 0.0845 e. The first-order valence-electron chi connectivity index (χ1n) is 4.99. The van der Waals surface area contributed by atoms with E-state index in [9.17, 15) is 5.11 Å². The van der Waals surface area contributed by atoms with Crippen LogP contribution in [0.1, 0.15) is 17.4 Å². The molecule has 0 saturated carbocycles. The molecule has 2 nitrogen and oxygen atoms in total. The molecule has 0 aliphatic rings. The number of hydrogen-bond donors (Lipinski definition) is 1. The fraction of sp³-hybridized carbons (Fsp3) is 0.154. The van der Waals surface area contributed by atoms with E-state index < -0.39 is 6.10 Å². The van der Waals surface area contributed by atoms with Crippen LogP contribution < -0.4 is 0 Å². The molecule has 2 rings (SSSR count). The van der Waals surface area contributed by atoms with Crippen molar-refractivity contribution in [3.05, 3.63) is 66.0 Å². The van der Waals surface area contributed by atoms with Crippen molar-refractivity contribution in [1.82, 2.24) is 4.98 Å². The van der Waals surface area contributed by atoms with E-state index >= 15 is 0 Å². The molecule has 2 aromatic rings. The van der Waals surface area contributed by atoms with Crippen molar-refractivity contribution in [2.75, 3.05) is 0 Å². The van der Waals surface area contributed by atoms with Crippen LogP contribution in [-0.2, 0) is 6.42 Å². The van der Waals surface area contributed by atoms with E-state index in [4.69, 9.17) is 0 Å². The van der Waals surface area contributed by atoms with Gasteiger partial charge in [-0.05, 0) is 17.7 Å². The highest BCUT2D eigenvalue weighted by Crippen LogP contribution is 2.16. The zero-order valence-corrected chi connectivity index (χ0v) is 8.38. The van der Waals surface area contributed by atoms with Crippen molar-refractivity contribution >= 4 is 0 Å². The molecule has 1 unspecified atom stereocenters. The molecule has 1 aromatic heterocycles. The maximum absolute atomic E-state index is 9.93. The van der Waals surface area contributed by atoms with Crippen LogP contribution in [0.3, 0.4) is 0 Å². The average Bonchev–Trinajstić information content (AvgIpc) is 2.31. The summed E-state index contributed by atoms with van der Waals surface area (Å²) in [6.07, 6.45) is 1.83. The van der Waals surface area contributed by atoms with Crippen LogP contribution in [0.25, 0.3) is 0 Å². The van der Waals surface area contributed by atoms with Crippen molar-refractivity contribution in [3.63, 3.8) is 0 Å². The van der Waals surface area contributed by atoms with E-state index in [0.29, 0.717) is 6.42 Å². The third kappa shape index (κ3) is 2.64. The highest BCUT2D eigenvalue weighted by Gasteiger charge is 2.07. The number of rotatable bonds is 3. The predicted octanol–water partition coefficient (Wildman–Crippen LogP) is 2.36. The molecule has 76 valence electrons. The van der Waals surface area contributed by atoms with Gasteiger partial charge in [-0.2, -0.15) is 0 Å². The molecule has 1 aromatic carbocycles. The molecule has 1 N–H and O–H groups in total. The summed E-state index contributed by atoms with van der Waals surface area (Å²) in [6, 6.07) is 15.4. The van der Waals surface area contributed by atoms with E-state index in [1.54, 1.807) is 6.20 Å². The lowest BCUT2D eigenvalue weighted by Crippen LogP contribution is -2.02.